The largest absolute Gasteiger partial charge is 0.506 e. The molecule has 1 N–H and O–H groups in total. The van der Waals surface area contributed by atoms with E-state index in [9.17, 15) is 14.7 Å². The quantitative estimate of drug-likeness (QED) is 0.574. The lowest BCUT2D eigenvalue weighted by molar-refractivity contribution is -0.143. The van der Waals surface area contributed by atoms with Crippen LogP contribution in [0.25, 0.3) is 0 Å². The highest BCUT2D eigenvalue weighted by Gasteiger charge is 2.16. The summed E-state index contributed by atoms with van der Waals surface area (Å²) in [6.07, 6.45) is 0.219. The van der Waals surface area contributed by atoms with Crippen LogP contribution < -0.4 is 0 Å². The molecule has 0 fully saturated rings. The Labute approximate surface area is 155 Å². The summed E-state index contributed by atoms with van der Waals surface area (Å²) in [7, 11) is 0. The second-order valence-corrected chi connectivity index (χ2v) is 6.15. The topological polar surface area (TPSA) is 76.5 Å². The average molecular weight is 382 g/mol. The first-order valence-electron chi connectivity index (χ1n) is 7.72. The Hall–Kier alpha value is -2.11. The van der Waals surface area contributed by atoms with Gasteiger partial charge in [-0.15, -0.1) is 0 Å². The molecule has 2 rings (SSSR count). The minimum Gasteiger partial charge on any atom is -0.506 e. The standard InChI is InChI=1S/C18H17Cl2NO4/c1-2-25-17(24)8-7-16(23)18-15(22)6-4-13(21-18)10-11-9-12(19)3-5-14(11)20/h3-6,9,22H,2,7-8,10H2,1H3. The third kappa shape index (κ3) is 5.44. The molecule has 2 aromatic rings. The van der Waals surface area contributed by atoms with Gasteiger partial charge in [0.1, 0.15) is 11.4 Å². The fourth-order valence-electron chi connectivity index (χ4n) is 2.24. The lowest BCUT2D eigenvalue weighted by Gasteiger charge is -2.08. The Morgan fingerprint density at radius 2 is 1.92 bits per heavy atom. The van der Waals surface area contributed by atoms with Crippen molar-refractivity contribution in [1.82, 2.24) is 4.98 Å². The van der Waals surface area contributed by atoms with E-state index in [1.165, 1.54) is 6.07 Å². The number of hydrogen-bond donors (Lipinski definition) is 1. The first-order valence-corrected chi connectivity index (χ1v) is 8.48. The van der Waals surface area contributed by atoms with E-state index in [1.54, 1.807) is 31.2 Å². The zero-order valence-corrected chi connectivity index (χ0v) is 15.1. The molecular formula is C18H17Cl2NO4. The number of carbonyl (C=O) groups is 2. The van der Waals surface area contributed by atoms with Gasteiger partial charge in [0.15, 0.2) is 5.78 Å². The van der Waals surface area contributed by atoms with Crippen molar-refractivity contribution >= 4 is 35.0 Å². The van der Waals surface area contributed by atoms with E-state index in [-0.39, 0.29) is 30.9 Å². The van der Waals surface area contributed by atoms with Crippen LogP contribution in [-0.2, 0) is 16.0 Å². The van der Waals surface area contributed by atoms with Crippen molar-refractivity contribution in [2.75, 3.05) is 6.61 Å². The average Bonchev–Trinajstić information content (AvgIpc) is 2.58. The highest BCUT2D eigenvalue weighted by atomic mass is 35.5. The van der Waals surface area contributed by atoms with E-state index in [1.807, 2.05) is 0 Å². The Morgan fingerprint density at radius 3 is 2.64 bits per heavy atom. The number of hydrogen-bond acceptors (Lipinski definition) is 5. The molecule has 0 amide bonds. The van der Waals surface area contributed by atoms with Crippen LogP contribution >= 0.6 is 23.2 Å². The van der Waals surface area contributed by atoms with E-state index in [0.717, 1.165) is 5.56 Å². The number of ketones is 1. The molecule has 7 heteroatoms. The van der Waals surface area contributed by atoms with Gasteiger partial charge >= 0.3 is 5.97 Å². The van der Waals surface area contributed by atoms with E-state index < -0.39 is 11.8 Å². The number of Topliss-reactive ketones (excluding diaryl/α,β-unsaturated/α-hetero) is 1. The second-order valence-electron chi connectivity index (χ2n) is 5.31. The molecule has 1 heterocycles. The van der Waals surface area contributed by atoms with E-state index in [2.05, 4.69) is 4.98 Å². The molecule has 0 unspecified atom stereocenters. The number of pyridine rings is 1. The molecule has 25 heavy (non-hydrogen) atoms. The minimum atomic E-state index is -0.461. The lowest BCUT2D eigenvalue weighted by atomic mass is 10.1. The van der Waals surface area contributed by atoms with Gasteiger partial charge in [0.2, 0.25) is 0 Å². The number of carbonyl (C=O) groups excluding carboxylic acids is 2. The van der Waals surface area contributed by atoms with Crippen LogP contribution in [0, 0.1) is 0 Å². The van der Waals surface area contributed by atoms with E-state index in [4.69, 9.17) is 27.9 Å². The first-order chi connectivity index (χ1) is 11.9. The molecule has 1 aromatic heterocycles. The van der Waals surface area contributed by atoms with Crippen LogP contribution in [0.4, 0.5) is 0 Å². The van der Waals surface area contributed by atoms with Crippen LogP contribution in [-0.4, -0.2) is 28.4 Å². The lowest BCUT2D eigenvalue weighted by Crippen LogP contribution is -2.10. The van der Waals surface area contributed by atoms with E-state index >= 15 is 0 Å². The maximum absolute atomic E-state index is 12.2. The number of benzene rings is 1. The zero-order chi connectivity index (χ0) is 18.4. The van der Waals surface area contributed by atoms with Crippen LogP contribution in [0.5, 0.6) is 5.75 Å². The van der Waals surface area contributed by atoms with Gasteiger partial charge in [-0.3, -0.25) is 9.59 Å². The third-order valence-corrected chi connectivity index (χ3v) is 4.04. The van der Waals surface area contributed by atoms with Gasteiger partial charge in [-0.1, -0.05) is 23.2 Å². The van der Waals surface area contributed by atoms with E-state index in [0.29, 0.717) is 22.2 Å². The van der Waals surface area contributed by atoms with Gasteiger partial charge < -0.3 is 9.84 Å². The molecule has 0 aliphatic carbocycles. The third-order valence-electron chi connectivity index (χ3n) is 3.44. The number of nitrogens with zero attached hydrogens (tertiary/aromatic N) is 1. The van der Waals surface area contributed by atoms with Crippen molar-refractivity contribution in [1.29, 1.82) is 0 Å². The fraction of sp³-hybridized carbons (Fsp3) is 0.278. The van der Waals surface area contributed by atoms with Gasteiger partial charge in [0.05, 0.1) is 13.0 Å². The molecule has 0 radical (unpaired) electrons. The normalized spacial score (nSPS) is 10.5. The molecule has 0 atom stereocenters. The van der Waals surface area contributed by atoms with Crippen LogP contribution in [0.3, 0.4) is 0 Å². The van der Waals surface area contributed by atoms with Crippen LogP contribution in [0.15, 0.2) is 30.3 Å². The number of rotatable bonds is 7. The van der Waals surface area contributed by atoms with Crippen molar-refractivity contribution in [3.63, 3.8) is 0 Å². The molecule has 0 aliphatic rings. The maximum atomic E-state index is 12.2. The molecule has 0 saturated carbocycles. The Morgan fingerprint density at radius 1 is 1.16 bits per heavy atom. The summed E-state index contributed by atoms with van der Waals surface area (Å²) in [5.41, 5.74) is 1.25. The van der Waals surface area contributed by atoms with Gasteiger partial charge in [0.25, 0.3) is 0 Å². The maximum Gasteiger partial charge on any atom is 0.306 e. The Balaban J connectivity index is 2.15. The van der Waals surface area contributed by atoms with Crippen molar-refractivity contribution in [2.45, 2.75) is 26.2 Å². The molecule has 1 aromatic carbocycles. The number of aromatic nitrogens is 1. The summed E-state index contributed by atoms with van der Waals surface area (Å²) < 4.78 is 4.78. The number of ether oxygens (including phenoxy) is 1. The van der Waals surface area contributed by atoms with Crippen molar-refractivity contribution in [3.8, 4) is 5.75 Å². The summed E-state index contributed by atoms with van der Waals surface area (Å²) in [6, 6.07) is 8.10. The molecule has 0 saturated heterocycles. The van der Waals surface area contributed by atoms with Crippen molar-refractivity contribution < 1.29 is 19.4 Å². The molecule has 0 spiro atoms. The molecule has 0 bridgehead atoms. The van der Waals surface area contributed by atoms with Crippen molar-refractivity contribution in [2.24, 2.45) is 0 Å². The Bertz CT molecular complexity index is 793. The zero-order valence-electron chi connectivity index (χ0n) is 13.6. The van der Waals surface area contributed by atoms with Gasteiger partial charge in [-0.2, -0.15) is 0 Å². The highest BCUT2D eigenvalue weighted by molar-refractivity contribution is 6.33. The SMILES string of the molecule is CCOC(=O)CCC(=O)c1nc(Cc2cc(Cl)ccc2Cl)ccc1O. The number of halogens is 2. The predicted molar refractivity (Wildman–Crippen MR) is 95.4 cm³/mol. The van der Waals surface area contributed by atoms with Gasteiger partial charge in [0, 0.05) is 28.6 Å². The molecule has 0 aliphatic heterocycles. The highest BCUT2D eigenvalue weighted by Crippen LogP contribution is 2.24. The number of esters is 1. The summed E-state index contributed by atoms with van der Waals surface area (Å²) in [6.45, 7) is 1.95. The summed E-state index contributed by atoms with van der Waals surface area (Å²) in [4.78, 5) is 27.8. The molecular weight excluding hydrogens is 365 g/mol. The smallest absolute Gasteiger partial charge is 0.306 e. The predicted octanol–water partition coefficient (Wildman–Crippen LogP) is 4.21. The summed E-state index contributed by atoms with van der Waals surface area (Å²) >= 11 is 12.1. The molecule has 132 valence electrons. The van der Waals surface area contributed by atoms with Crippen molar-refractivity contribution in [3.05, 3.63) is 57.3 Å². The van der Waals surface area contributed by atoms with Crippen LogP contribution in [0.2, 0.25) is 10.0 Å². The second kappa shape index (κ2) is 8.83. The summed E-state index contributed by atoms with van der Waals surface area (Å²) in [5, 5.41) is 11.0. The Kier molecular flexibility index (Phi) is 6.79. The molecule has 5 nitrogen and oxygen atoms in total. The first kappa shape index (κ1) is 19.2. The van der Waals surface area contributed by atoms with Crippen LogP contribution in [0.1, 0.15) is 41.5 Å². The van der Waals surface area contributed by atoms with Gasteiger partial charge in [-0.05, 0) is 42.8 Å². The summed E-state index contributed by atoms with van der Waals surface area (Å²) in [5.74, 6) is -1.11. The fourth-order valence-corrected chi connectivity index (χ4v) is 2.62. The van der Waals surface area contributed by atoms with Gasteiger partial charge in [-0.25, -0.2) is 4.98 Å². The minimum absolute atomic E-state index is 0.0574. The number of aromatic hydroxyl groups is 1. The monoisotopic (exact) mass is 381 g/mol.